The highest BCUT2D eigenvalue weighted by Gasteiger charge is 2.43. The standard InChI is InChI=1S/C11H23FN2/c1-5-13-9(2)11(12)6-7-14-10(3,4)8-11/h9,13-14H,5-8H2,1-4H3. The zero-order chi connectivity index (χ0) is 10.8. The average Bonchev–Trinajstić information content (AvgIpc) is 2.02. The van der Waals surface area contributed by atoms with Gasteiger partial charge in [0, 0.05) is 18.0 Å². The molecule has 14 heavy (non-hydrogen) atoms. The SMILES string of the molecule is CCNC(C)C1(F)CCNC(C)(C)C1. The van der Waals surface area contributed by atoms with Crippen LogP contribution in [0, 0.1) is 0 Å². The second-order valence-electron chi connectivity index (χ2n) is 5.05. The van der Waals surface area contributed by atoms with Gasteiger partial charge in [-0.1, -0.05) is 6.92 Å². The zero-order valence-corrected chi connectivity index (χ0v) is 9.78. The van der Waals surface area contributed by atoms with Crippen molar-refractivity contribution in [2.45, 2.75) is 57.8 Å². The molecule has 1 aliphatic rings. The summed E-state index contributed by atoms with van der Waals surface area (Å²) in [7, 11) is 0. The van der Waals surface area contributed by atoms with Crippen LogP contribution in [0.4, 0.5) is 4.39 Å². The highest BCUT2D eigenvalue weighted by atomic mass is 19.1. The summed E-state index contributed by atoms with van der Waals surface area (Å²) in [6.45, 7) is 9.72. The molecule has 2 N–H and O–H groups in total. The van der Waals surface area contributed by atoms with Crippen LogP contribution in [0.1, 0.15) is 40.5 Å². The van der Waals surface area contributed by atoms with E-state index in [4.69, 9.17) is 0 Å². The first-order chi connectivity index (χ1) is 6.40. The topological polar surface area (TPSA) is 24.1 Å². The summed E-state index contributed by atoms with van der Waals surface area (Å²) in [6.07, 6.45) is 1.21. The summed E-state index contributed by atoms with van der Waals surface area (Å²) >= 11 is 0. The lowest BCUT2D eigenvalue weighted by atomic mass is 9.78. The highest BCUT2D eigenvalue weighted by Crippen LogP contribution is 2.34. The number of piperidine rings is 1. The summed E-state index contributed by atoms with van der Waals surface area (Å²) in [5, 5.41) is 6.53. The Morgan fingerprint density at radius 1 is 1.50 bits per heavy atom. The smallest absolute Gasteiger partial charge is 0.128 e. The number of rotatable bonds is 3. The molecule has 0 bridgehead atoms. The molecule has 1 aliphatic heterocycles. The van der Waals surface area contributed by atoms with Gasteiger partial charge in [0.15, 0.2) is 0 Å². The summed E-state index contributed by atoms with van der Waals surface area (Å²) < 4.78 is 14.5. The van der Waals surface area contributed by atoms with Crippen LogP contribution in [0.3, 0.4) is 0 Å². The number of nitrogens with one attached hydrogen (secondary N) is 2. The van der Waals surface area contributed by atoms with Crippen molar-refractivity contribution >= 4 is 0 Å². The number of alkyl halides is 1. The molecule has 0 spiro atoms. The first-order valence-corrected chi connectivity index (χ1v) is 5.57. The maximum atomic E-state index is 14.5. The fourth-order valence-corrected chi connectivity index (χ4v) is 2.35. The Labute approximate surface area is 86.6 Å². The second-order valence-corrected chi connectivity index (χ2v) is 5.05. The molecule has 1 saturated heterocycles. The Kier molecular flexibility index (Phi) is 3.53. The fourth-order valence-electron chi connectivity index (χ4n) is 2.35. The van der Waals surface area contributed by atoms with Gasteiger partial charge in [-0.3, -0.25) is 0 Å². The third-order valence-corrected chi connectivity index (χ3v) is 3.17. The minimum Gasteiger partial charge on any atom is -0.312 e. The molecule has 0 aliphatic carbocycles. The Hall–Kier alpha value is -0.150. The normalized spacial score (nSPS) is 34.1. The molecule has 0 aromatic carbocycles. The lowest BCUT2D eigenvalue weighted by Crippen LogP contribution is -2.58. The predicted octanol–water partition coefficient (Wildman–Crippen LogP) is 1.85. The van der Waals surface area contributed by atoms with E-state index in [1.807, 2.05) is 13.8 Å². The third kappa shape index (κ3) is 2.67. The van der Waals surface area contributed by atoms with Gasteiger partial charge in [0.1, 0.15) is 5.67 Å². The summed E-state index contributed by atoms with van der Waals surface area (Å²) in [6, 6.07) is -0.0473. The first kappa shape index (κ1) is 11.9. The van der Waals surface area contributed by atoms with E-state index in [9.17, 15) is 4.39 Å². The predicted molar refractivity (Wildman–Crippen MR) is 58.3 cm³/mol. The van der Waals surface area contributed by atoms with Gasteiger partial charge in [0.2, 0.25) is 0 Å². The molecule has 0 aromatic rings. The minimum atomic E-state index is -1.05. The van der Waals surface area contributed by atoms with Crippen LogP contribution >= 0.6 is 0 Å². The van der Waals surface area contributed by atoms with Crippen molar-refractivity contribution in [3.05, 3.63) is 0 Å². The van der Waals surface area contributed by atoms with E-state index >= 15 is 0 Å². The van der Waals surface area contributed by atoms with Crippen LogP contribution < -0.4 is 10.6 Å². The van der Waals surface area contributed by atoms with Crippen LogP contribution in [0.15, 0.2) is 0 Å². The maximum absolute atomic E-state index is 14.5. The van der Waals surface area contributed by atoms with Crippen LogP contribution in [0.25, 0.3) is 0 Å². The molecule has 2 unspecified atom stereocenters. The van der Waals surface area contributed by atoms with Gasteiger partial charge < -0.3 is 10.6 Å². The number of halogens is 1. The molecule has 84 valence electrons. The molecule has 1 fully saturated rings. The van der Waals surface area contributed by atoms with E-state index in [0.717, 1.165) is 13.1 Å². The van der Waals surface area contributed by atoms with Crippen LogP contribution in [-0.4, -0.2) is 30.3 Å². The van der Waals surface area contributed by atoms with Crippen molar-refractivity contribution in [3.8, 4) is 0 Å². The lowest BCUT2D eigenvalue weighted by Gasteiger charge is -2.43. The van der Waals surface area contributed by atoms with Crippen molar-refractivity contribution in [2.75, 3.05) is 13.1 Å². The number of hydrogen-bond donors (Lipinski definition) is 2. The Balaban J connectivity index is 2.63. The Bertz CT molecular complexity index is 194. The number of hydrogen-bond acceptors (Lipinski definition) is 2. The van der Waals surface area contributed by atoms with Crippen molar-refractivity contribution in [1.82, 2.24) is 10.6 Å². The van der Waals surface area contributed by atoms with E-state index in [-0.39, 0.29) is 11.6 Å². The minimum absolute atomic E-state index is 0.0473. The lowest BCUT2D eigenvalue weighted by molar-refractivity contribution is 0.0339. The van der Waals surface area contributed by atoms with Crippen molar-refractivity contribution in [3.63, 3.8) is 0 Å². The van der Waals surface area contributed by atoms with Gasteiger partial charge >= 0.3 is 0 Å². The molecule has 3 heteroatoms. The molecule has 0 radical (unpaired) electrons. The van der Waals surface area contributed by atoms with E-state index in [0.29, 0.717) is 12.8 Å². The molecule has 2 atom stereocenters. The fraction of sp³-hybridized carbons (Fsp3) is 1.00. The zero-order valence-electron chi connectivity index (χ0n) is 9.78. The molecule has 2 nitrogen and oxygen atoms in total. The molecule has 0 aromatic heterocycles. The van der Waals surface area contributed by atoms with Crippen LogP contribution in [0.5, 0.6) is 0 Å². The molecular weight excluding hydrogens is 179 g/mol. The summed E-state index contributed by atoms with van der Waals surface area (Å²) in [5.41, 5.74) is -1.12. The first-order valence-electron chi connectivity index (χ1n) is 5.57. The van der Waals surface area contributed by atoms with Gasteiger partial charge in [0.05, 0.1) is 0 Å². The summed E-state index contributed by atoms with van der Waals surface area (Å²) in [5.74, 6) is 0. The monoisotopic (exact) mass is 202 g/mol. The van der Waals surface area contributed by atoms with Gasteiger partial charge in [0.25, 0.3) is 0 Å². The van der Waals surface area contributed by atoms with Crippen molar-refractivity contribution in [1.29, 1.82) is 0 Å². The summed E-state index contributed by atoms with van der Waals surface area (Å²) in [4.78, 5) is 0. The maximum Gasteiger partial charge on any atom is 0.128 e. The van der Waals surface area contributed by atoms with E-state index < -0.39 is 5.67 Å². The van der Waals surface area contributed by atoms with Crippen LogP contribution in [-0.2, 0) is 0 Å². The van der Waals surface area contributed by atoms with E-state index in [2.05, 4.69) is 24.5 Å². The van der Waals surface area contributed by atoms with Crippen LogP contribution in [0.2, 0.25) is 0 Å². The van der Waals surface area contributed by atoms with Crippen molar-refractivity contribution < 1.29 is 4.39 Å². The molecular formula is C11H23FN2. The van der Waals surface area contributed by atoms with Gasteiger partial charge in [-0.2, -0.15) is 0 Å². The van der Waals surface area contributed by atoms with Gasteiger partial charge in [-0.15, -0.1) is 0 Å². The third-order valence-electron chi connectivity index (χ3n) is 3.17. The Morgan fingerprint density at radius 3 is 2.64 bits per heavy atom. The van der Waals surface area contributed by atoms with Gasteiger partial charge in [-0.25, -0.2) is 4.39 Å². The van der Waals surface area contributed by atoms with E-state index in [1.165, 1.54) is 0 Å². The van der Waals surface area contributed by atoms with Gasteiger partial charge in [-0.05, 0) is 40.3 Å². The highest BCUT2D eigenvalue weighted by molar-refractivity contribution is 5.00. The molecule has 1 heterocycles. The van der Waals surface area contributed by atoms with E-state index in [1.54, 1.807) is 0 Å². The average molecular weight is 202 g/mol. The molecule has 0 saturated carbocycles. The quantitative estimate of drug-likeness (QED) is 0.730. The second kappa shape index (κ2) is 4.15. The Morgan fingerprint density at radius 2 is 2.14 bits per heavy atom. The molecule has 0 amide bonds. The molecule has 1 rings (SSSR count). The van der Waals surface area contributed by atoms with Crippen molar-refractivity contribution in [2.24, 2.45) is 0 Å². The largest absolute Gasteiger partial charge is 0.312 e.